The number of hydrogen-bond donors (Lipinski definition) is 1. The Morgan fingerprint density at radius 1 is 1.13 bits per heavy atom. The van der Waals surface area contributed by atoms with Crippen LogP contribution in [0.4, 0.5) is 0 Å². The maximum absolute atomic E-state index is 6.14. The van der Waals surface area contributed by atoms with E-state index in [4.69, 9.17) is 4.74 Å². The average Bonchev–Trinajstić information content (AvgIpc) is 3.23. The lowest BCUT2D eigenvalue weighted by Gasteiger charge is -2.36. The first-order chi connectivity index (χ1) is 14.8. The van der Waals surface area contributed by atoms with E-state index in [9.17, 15) is 0 Å². The Kier molecular flexibility index (Phi) is 7.63. The van der Waals surface area contributed by atoms with E-state index in [1.807, 2.05) is 7.05 Å². The predicted molar refractivity (Wildman–Crippen MR) is 123 cm³/mol. The van der Waals surface area contributed by atoms with E-state index in [1.54, 1.807) is 0 Å². The number of rotatable bonds is 6. The standard InChI is InChI=1S/C24H39N5O/c1-3-27-13-10-20(11-14-27)9-12-26-24(25-2)29-18-22-23(19-29)30-16-15-28(22)17-21-7-5-4-6-8-21/h4-8,20,22-23H,3,9-19H2,1-2H3,(H,25,26). The van der Waals surface area contributed by atoms with Crippen LogP contribution < -0.4 is 5.32 Å². The molecule has 1 N–H and O–H groups in total. The van der Waals surface area contributed by atoms with E-state index in [0.29, 0.717) is 6.04 Å². The molecule has 1 aromatic rings. The smallest absolute Gasteiger partial charge is 0.193 e. The van der Waals surface area contributed by atoms with Gasteiger partial charge >= 0.3 is 0 Å². The average molecular weight is 414 g/mol. The highest BCUT2D eigenvalue weighted by Gasteiger charge is 2.41. The van der Waals surface area contributed by atoms with Crippen molar-refractivity contribution >= 4 is 5.96 Å². The van der Waals surface area contributed by atoms with Gasteiger partial charge in [0.2, 0.25) is 0 Å². The van der Waals surface area contributed by atoms with Gasteiger partial charge in [-0.25, -0.2) is 0 Å². The highest BCUT2D eigenvalue weighted by atomic mass is 16.5. The molecule has 0 amide bonds. The third-order valence-electron chi connectivity index (χ3n) is 7.15. The number of fused-ring (bicyclic) bond motifs is 1. The Labute approximate surface area is 182 Å². The molecule has 3 aliphatic rings. The van der Waals surface area contributed by atoms with Crippen molar-refractivity contribution in [2.75, 3.05) is 59.5 Å². The summed E-state index contributed by atoms with van der Waals surface area (Å²) in [5.74, 6) is 1.89. The Morgan fingerprint density at radius 3 is 2.67 bits per heavy atom. The Bertz CT molecular complexity index is 673. The molecule has 0 aromatic heterocycles. The molecule has 30 heavy (non-hydrogen) atoms. The second-order valence-electron chi connectivity index (χ2n) is 8.98. The first kappa shape index (κ1) is 21.6. The molecule has 1 aromatic carbocycles. The van der Waals surface area contributed by atoms with Gasteiger partial charge in [-0.15, -0.1) is 0 Å². The van der Waals surface area contributed by atoms with Crippen LogP contribution in [0.2, 0.25) is 0 Å². The lowest BCUT2D eigenvalue weighted by atomic mass is 9.93. The van der Waals surface area contributed by atoms with Gasteiger partial charge in [-0.3, -0.25) is 9.89 Å². The summed E-state index contributed by atoms with van der Waals surface area (Å²) in [5, 5.41) is 3.65. The van der Waals surface area contributed by atoms with Gasteiger partial charge in [0.05, 0.1) is 18.8 Å². The van der Waals surface area contributed by atoms with Crippen LogP contribution in [-0.4, -0.2) is 92.3 Å². The maximum Gasteiger partial charge on any atom is 0.193 e. The topological polar surface area (TPSA) is 43.3 Å². The van der Waals surface area contributed by atoms with E-state index >= 15 is 0 Å². The largest absolute Gasteiger partial charge is 0.373 e. The summed E-state index contributed by atoms with van der Waals surface area (Å²) in [6, 6.07) is 11.2. The molecule has 166 valence electrons. The van der Waals surface area contributed by atoms with Crippen molar-refractivity contribution in [1.82, 2.24) is 20.0 Å². The molecule has 2 unspecified atom stereocenters. The summed E-state index contributed by atoms with van der Waals surface area (Å²) < 4.78 is 6.14. The van der Waals surface area contributed by atoms with E-state index < -0.39 is 0 Å². The van der Waals surface area contributed by atoms with Gasteiger partial charge in [0.25, 0.3) is 0 Å². The molecular formula is C24H39N5O. The van der Waals surface area contributed by atoms with Crippen molar-refractivity contribution < 1.29 is 4.74 Å². The number of piperidine rings is 1. The van der Waals surface area contributed by atoms with Crippen LogP contribution in [0.5, 0.6) is 0 Å². The number of morpholine rings is 1. The van der Waals surface area contributed by atoms with Gasteiger partial charge in [0, 0.05) is 39.8 Å². The molecule has 0 spiro atoms. The first-order valence-corrected chi connectivity index (χ1v) is 11.8. The highest BCUT2D eigenvalue weighted by molar-refractivity contribution is 5.80. The molecule has 0 aliphatic carbocycles. The normalized spacial score (nSPS) is 26.7. The number of benzene rings is 1. The van der Waals surface area contributed by atoms with Crippen molar-refractivity contribution in [2.45, 2.75) is 44.9 Å². The summed E-state index contributed by atoms with van der Waals surface area (Å²) in [6.45, 7) is 11.8. The second kappa shape index (κ2) is 10.6. The zero-order valence-electron chi connectivity index (χ0n) is 18.8. The van der Waals surface area contributed by atoms with Crippen molar-refractivity contribution in [3.05, 3.63) is 35.9 Å². The molecule has 6 nitrogen and oxygen atoms in total. The molecule has 6 heteroatoms. The maximum atomic E-state index is 6.14. The lowest BCUT2D eigenvalue weighted by Crippen LogP contribution is -2.50. The summed E-state index contributed by atoms with van der Waals surface area (Å²) >= 11 is 0. The van der Waals surface area contributed by atoms with Gasteiger partial charge < -0.3 is 19.9 Å². The summed E-state index contributed by atoms with van der Waals surface area (Å²) in [5.41, 5.74) is 1.38. The van der Waals surface area contributed by atoms with Crippen molar-refractivity contribution in [3.63, 3.8) is 0 Å². The zero-order valence-corrected chi connectivity index (χ0v) is 18.8. The molecular weight excluding hydrogens is 374 g/mol. The number of hydrogen-bond acceptors (Lipinski definition) is 4. The molecule has 3 saturated heterocycles. The molecule has 3 aliphatic heterocycles. The van der Waals surface area contributed by atoms with Gasteiger partial charge in [-0.2, -0.15) is 0 Å². The van der Waals surface area contributed by atoms with Crippen LogP contribution in [-0.2, 0) is 11.3 Å². The Balaban J connectivity index is 1.26. The van der Waals surface area contributed by atoms with Gasteiger partial charge in [-0.1, -0.05) is 37.3 Å². The minimum atomic E-state index is 0.277. The molecule has 3 heterocycles. The van der Waals surface area contributed by atoms with Gasteiger partial charge in [-0.05, 0) is 50.4 Å². The van der Waals surface area contributed by atoms with E-state index in [0.717, 1.165) is 51.2 Å². The lowest BCUT2D eigenvalue weighted by molar-refractivity contribution is -0.0502. The number of nitrogens with zero attached hydrogens (tertiary/aromatic N) is 4. The van der Waals surface area contributed by atoms with Crippen LogP contribution >= 0.6 is 0 Å². The molecule has 2 atom stereocenters. The Hall–Kier alpha value is -1.63. The monoisotopic (exact) mass is 413 g/mol. The number of nitrogens with one attached hydrogen (secondary N) is 1. The van der Waals surface area contributed by atoms with Crippen LogP contribution in [0.15, 0.2) is 35.3 Å². The fraction of sp³-hybridized carbons (Fsp3) is 0.708. The number of likely N-dealkylation sites (tertiary alicyclic amines) is 2. The molecule has 3 fully saturated rings. The van der Waals surface area contributed by atoms with E-state index in [2.05, 4.69) is 62.3 Å². The summed E-state index contributed by atoms with van der Waals surface area (Å²) in [6.07, 6.45) is 4.20. The summed E-state index contributed by atoms with van der Waals surface area (Å²) in [4.78, 5) is 12.2. The third kappa shape index (κ3) is 5.34. The van der Waals surface area contributed by atoms with Crippen molar-refractivity contribution in [1.29, 1.82) is 0 Å². The first-order valence-electron chi connectivity index (χ1n) is 11.8. The quantitative estimate of drug-likeness (QED) is 0.573. The third-order valence-corrected chi connectivity index (χ3v) is 7.15. The van der Waals surface area contributed by atoms with Crippen LogP contribution in [0.1, 0.15) is 31.7 Å². The molecule has 0 saturated carbocycles. The second-order valence-corrected chi connectivity index (χ2v) is 8.98. The highest BCUT2D eigenvalue weighted by Crippen LogP contribution is 2.25. The molecule has 0 radical (unpaired) electrons. The zero-order chi connectivity index (χ0) is 20.8. The fourth-order valence-corrected chi connectivity index (χ4v) is 5.26. The number of ether oxygens (including phenoxy) is 1. The minimum Gasteiger partial charge on any atom is -0.373 e. The molecule has 4 rings (SSSR count). The minimum absolute atomic E-state index is 0.277. The molecule has 0 bridgehead atoms. The predicted octanol–water partition coefficient (Wildman–Crippen LogP) is 2.27. The van der Waals surface area contributed by atoms with Gasteiger partial charge in [0.15, 0.2) is 5.96 Å². The van der Waals surface area contributed by atoms with Gasteiger partial charge in [0.1, 0.15) is 0 Å². The van der Waals surface area contributed by atoms with Crippen LogP contribution in [0, 0.1) is 5.92 Å². The number of aliphatic imine (C=N–C) groups is 1. The van der Waals surface area contributed by atoms with E-state index in [1.165, 1.54) is 44.5 Å². The van der Waals surface area contributed by atoms with Crippen molar-refractivity contribution in [2.24, 2.45) is 10.9 Å². The van der Waals surface area contributed by atoms with E-state index in [-0.39, 0.29) is 6.10 Å². The number of guanidine groups is 1. The van der Waals surface area contributed by atoms with Crippen LogP contribution in [0.25, 0.3) is 0 Å². The Morgan fingerprint density at radius 2 is 1.93 bits per heavy atom. The van der Waals surface area contributed by atoms with Crippen molar-refractivity contribution in [3.8, 4) is 0 Å². The van der Waals surface area contributed by atoms with Crippen LogP contribution in [0.3, 0.4) is 0 Å². The SMILES string of the molecule is CCN1CCC(CCNC(=NC)N2CC3OCCN(Cc4ccccc4)C3C2)CC1. The summed E-state index contributed by atoms with van der Waals surface area (Å²) in [7, 11) is 1.91. The fourth-order valence-electron chi connectivity index (χ4n) is 5.26.